The van der Waals surface area contributed by atoms with E-state index in [-0.39, 0.29) is 11.5 Å². The highest BCUT2D eigenvalue weighted by Gasteiger charge is 2.34. The lowest BCUT2D eigenvalue weighted by Gasteiger charge is -2.23. The lowest BCUT2D eigenvalue weighted by Crippen LogP contribution is -2.45. The van der Waals surface area contributed by atoms with Crippen LogP contribution in [0.25, 0.3) is 0 Å². The number of esters is 1. The van der Waals surface area contributed by atoms with Gasteiger partial charge in [-0.05, 0) is 43.7 Å². The zero-order valence-electron chi connectivity index (χ0n) is 15.4. The Morgan fingerprint density at radius 3 is 2.22 bits per heavy atom. The van der Waals surface area contributed by atoms with Gasteiger partial charge in [0.2, 0.25) is 10.0 Å². The molecule has 27 heavy (non-hydrogen) atoms. The molecule has 146 valence electrons. The highest BCUT2D eigenvalue weighted by atomic mass is 32.2. The van der Waals surface area contributed by atoms with Crippen molar-refractivity contribution in [1.82, 2.24) is 4.72 Å². The molecule has 2 rings (SSSR count). The van der Waals surface area contributed by atoms with Gasteiger partial charge in [0.1, 0.15) is 17.9 Å². The SMILES string of the molecule is CCOC(=O)[C@@H](NS(=O)(=O)c1ccc(C)cc1)[C@@H](O)c1ccc(OC)cc1. The van der Waals surface area contributed by atoms with Crippen LogP contribution in [0.4, 0.5) is 0 Å². The second-order valence-electron chi connectivity index (χ2n) is 5.88. The second-order valence-corrected chi connectivity index (χ2v) is 7.60. The largest absolute Gasteiger partial charge is 0.497 e. The first-order chi connectivity index (χ1) is 12.8. The molecule has 0 heterocycles. The predicted molar refractivity (Wildman–Crippen MR) is 99.9 cm³/mol. The summed E-state index contributed by atoms with van der Waals surface area (Å²) in [5, 5.41) is 10.6. The Morgan fingerprint density at radius 1 is 1.11 bits per heavy atom. The molecule has 0 radical (unpaired) electrons. The maximum absolute atomic E-state index is 12.6. The van der Waals surface area contributed by atoms with Crippen molar-refractivity contribution in [2.45, 2.75) is 30.9 Å². The van der Waals surface area contributed by atoms with Crippen LogP contribution in [0.3, 0.4) is 0 Å². The monoisotopic (exact) mass is 393 g/mol. The van der Waals surface area contributed by atoms with Crippen LogP contribution in [0.2, 0.25) is 0 Å². The molecule has 0 spiro atoms. The number of hydrogen-bond donors (Lipinski definition) is 2. The summed E-state index contributed by atoms with van der Waals surface area (Å²) in [6, 6.07) is 11.0. The highest BCUT2D eigenvalue weighted by molar-refractivity contribution is 7.89. The topological polar surface area (TPSA) is 102 Å². The van der Waals surface area contributed by atoms with Crippen LogP contribution in [0.1, 0.15) is 24.2 Å². The summed E-state index contributed by atoms with van der Waals surface area (Å²) in [5.41, 5.74) is 1.25. The van der Waals surface area contributed by atoms with Crippen molar-refractivity contribution < 1.29 is 27.8 Å². The van der Waals surface area contributed by atoms with Gasteiger partial charge in [0.05, 0.1) is 18.6 Å². The van der Waals surface area contributed by atoms with E-state index in [2.05, 4.69) is 4.72 Å². The van der Waals surface area contributed by atoms with Crippen LogP contribution in [0, 0.1) is 6.92 Å². The Balaban J connectivity index is 2.32. The number of nitrogens with one attached hydrogen (secondary N) is 1. The van der Waals surface area contributed by atoms with Gasteiger partial charge in [-0.1, -0.05) is 29.8 Å². The van der Waals surface area contributed by atoms with Gasteiger partial charge in [-0.3, -0.25) is 4.79 Å². The van der Waals surface area contributed by atoms with Gasteiger partial charge in [-0.2, -0.15) is 4.72 Å². The van der Waals surface area contributed by atoms with Crippen molar-refractivity contribution >= 4 is 16.0 Å². The summed E-state index contributed by atoms with van der Waals surface area (Å²) in [4.78, 5) is 12.3. The number of methoxy groups -OCH3 is 1. The molecule has 0 saturated heterocycles. The third-order valence-corrected chi connectivity index (χ3v) is 5.38. The van der Waals surface area contributed by atoms with Gasteiger partial charge < -0.3 is 14.6 Å². The molecule has 0 saturated carbocycles. The van der Waals surface area contributed by atoms with Crippen molar-refractivity contribution in [2.75, 3.05) is 13.7 Å². The number of rotatable bonds is 8. The number of aliphatic hydroxyl groups excluding tert-OH is 1. The molecule has 0 unspecified atom stereocenters. The quantitative estimate of drug-likeness (QED) is 0.665. The zero-order chi connectivity index (χ0) is 20.0. The van der Waals surface area contributed by atoms with Crippen molar-refractivity contribution in [3.63, 3.8) is 0 Å². The number of ether oxygens (including phenoxy) is 2. The summed E-state index contributed by atoms with van der Waals surface area (Å²) >= 11 is 0. The normalized spacial score (nSPS) is 13.6. The van der Waals surface area contributed by atoms with E-state index in [1.807, 2.05) is 6.92 Å². The molecule has 0 aromatic heterocycles. The molecule has 0 aliphatic carbocycles. The Kier molecular flexibility index (Phi) is 6.95. The molecule has 7 nitrogen and oxygen atoms in total. The van der Waals surface area contributed by atoms with E-state index in [9.17, 15) is 18.3 Å². The smallest absolute Gasteiger partial charge is 0.327 e. The summed E-state index contributed by atoms with van der Waals surface area (Å²) in [6.07, 6.45) is -1.44. The Hall–Kier alpha value is -2.42. The Morgan fingerprint density at radius 2 is 1.70 bits per heavy atom. The molecule has 2 aromatic rings. The van der Waals surface area contributed by atoms with Crippen LogP contribution >= 0.6 is 0 Å². The Bertz CT molecular complexity index is 862. The minimum atomic E-state index is -4.04. The molecule has 0 amide bonds. The minimum Gasteiger partial charge on any atom is -0.497 e. The number of aryl methyl sites for hydroxylation is 1. The van der Waals surface area contributed by atoms with E-state index < -0.39 is 28.1 Å². The van der Waals surface area contributed by atoms with Crippen molar-refractivity contribution in [1.29, 1.82) is 0 Å². The average Bonchev–Trinajstić information content (AvgIpc) is 2.66. The van der Waals surface area contributed by atoms with Gasteiger partial charge >= 0.3 is 5.97 Å². The van der Waals surface area contributed by atoms with Gasteiger partial charge in [0, 0.05) is 0 Å². The molecule has 8 heteroatoms. The zero-order valence-corrected chi connectivity index (χ0v) is 16.2. The lowest BCUT2D eigenvalue weighted by molar-refractivity contribution is -0.148. The van der Waals surface area contributed by atoms with Gasteiger partial charge in [-0.25, -0.2) is 8.42 Å². The summed E-state index contributed by atoms with van der Waals surface area (Å²) in [7, 11) is -2.54. The number of aliphatic hydroxyl groups is 1. The van der Waals surface area contributed by atoms with Gasteiger partial charge in [0.15, 0.2) is 0 Å². The Labute approximate surface area is 159 Å². The van der Waals surface area contributed by atoms with Gasteiger partial charge in [0.25, 0.3) is 0 Å². The van der Waals surface area contributed by atoms with Crippen LogP contribution in [0.15, 0.2) is 53.4 Å². The fourth-order valence-electron chi connectivity index (χ4n) is 2.42. The second kappa shape index (κ2) is 8.98. The summed E-state index contributed by atoms with van der Waals surface area (Å²) < 4.78 is 37.6. The van der Waals surface area contributed by atoms with E-state index in [1.54, 1.807) is 43.3 Å². The van der Waals surface area contributed by atoms with Crippen molar-refractivity contribution in [2.24, 2.45) is 0 Å². The molecule has 0 bridgehead atoms. The molecule has 2 N–H and O–H groups in total. The average molecular weight is 393 g/mol. The van der Waals surface area contributed by atoms with E-state index in [4.69, 9.17) is 9.47 Å². The number of carbonyl (C=O) groups is 1. The molecule has 0 aliphatic heterocycles. The van der Waals surface area contributed by atoms with E-state index in [0.29, 0.717) is 11.3 Å². The number of carbonyl (C=O) groups excluding carboxylic acids is 1. The number of benzene rings is 2. The third kappa shape index (κ3) is 5.29. The molecular weight excluding hydrogens is 370 g/mol. The van der Waals surface area contributed by atoms with E-state index in [0.717, 1.165) is 5.56 Å². The fraction of sp³-hybridized carbons (Fsp3) is 0.316. The standard InChI is InChI=1S/C19H23NO6S/c1-4-26-19(22)17(18(21)14-7-9-15(25-3)10-8-14)20-27(23,24)16-11-5-13(2)6-12-16/h5-12,17-18,20-21H,4H2,1-3H3/t17-,18-/m0/s1. The number of hydrogen-bond acceptors (Lipinski definition) is 6. The first-order valence-electron chi connectivity index (χ1n) is 8.36. The highest BCUT2D eigenvalue weighted by Crippen LogP contribution is 2.23. The predicted octanol–water partition coefficient (Wildman–Crippen LogP) is 1.95. The summed E-state index contributed by atoms with van der Waals surface area (Å²) in [5.74, 6) is -0.296. The van der Waals surface area contributed by atoms with E-state index >= 15 is 0 Å². The first-order valence-corrected chi connectivity index (χ1v) is 9.84. The van der Waals surface area contributed by atoms with Crippen molar-refractivity contribution in [3.05, 3.63) is 59.7 Å². The molecule has 2 aromatic carbocycles. The molecule has 2 atom stereocenters. The van der Waals surface area contributed by atoms with E-state index in [1.165, 1.54) is 19.2 Å². The van der Waals surface area contributed by atoms with Crippen molar-refractivity contribution in [3.8, 4) is 5.75 Å². The first kappa shape index (κ1) is 20.9. The van der Waals surface area contributed by atoms with Crippen LogP contribution < -0.4 is 9.46 Å². The molecule has 0 fully saturated rings. The van der Waals surface area contributed by atoms with Crippen LogP contribution in [-0.4, -0.2) is 39.3 Å². The fourth-order valence-corrected chi connectivity index (χ4v) is 3.61. The minimum absolute atomic E-state index is 0.00988. The van der Waals surface area contributed by atoms with Crippen LogP contribution in [-0.2, 0) is 19.6 Å². The van der Waals surface area contributed by atoms with Gasteiger partial charge in [-0.15, -0.1) is 0 Å². The van der Waals surface area contributed by atoms with Crippen LogP contribution in [0.5, 0.6) is 5.75 Å². The molecule has 0 aliphatic rings. The third-order valence-electron chi connectivity index (χ3n) is 3.93. The maximum atomic E-state index is 12.6. The lowest BCUT2D eigenvalue weighted by atomic mass is 10.0. The molecular formula is C19H23NO6S. The summed E-state index contributed by atoms with van der Waals surface area (Å²) in [6.45, 7) is 3.48. The number of sulfonamides is 1. The maximum Gasteiger partial charge on any atom is 0.327 e.